The number of hydrogen-bond acceptors (Lipinski definition) is 7. The van der Waals surface area contributed by atoms with Gasteiger partial charge in [-0.05, 0) is 37.1 Å². The second-order valence-corrected chi connectivity index (χ2v) is 6.12. The molecule has 1 aliphatic rings. The Morgan fingerprint density at radius 3 is 2.48 bits per heavy atom. The molecule has 0 aliphatic carbocycles. The molecule has 2 aromatic rings. The Hall–Kier alpha value is -3.16. The predicted molar refractivity (Wildman–Crippen MR) is 95.9 cm³/mol. The number of nitrogens with zero attached hydrogens (tertiary/aromatic N) is 3. The topological polar surface area (TPSA) is 90.9 Å². The van der Waals surface area contributed by atoms with E-state index in [2.05, 4.69) is 9.97 Å². The molecule has 8 nitrogen and oxygen atoms in total. The summed E-state index contributed by atoms with van der Waals surface area (Å²) in [5.74, 6) is 0.564. The second-order valence-electron chi connectivity index (χ2n) is 6.12. The van der Waals surface area contributed by atoms with Crippen molar-refractivity contribution in [2.24, 2.45) is 0 Å². The molecule has 1 saturated heterocycles. The molecule has 3 rings (SSSR count). The van der Waals surface area contributed by atoms with Crippen LogP contribution in [0, 0.1) is 0 Å². The lowest BCUT2D eigenvalue weighted by atomic mass is 10.1. The molecule has 0 saturated carbocycles. The zero-order valence-electron chi connectivity index (χ0n) is 15.3. The maximum atomic E-state index is 12.8. The normalized spacial score (nSPS) is 16.5. The first-order valence-corrected chi connectivity index (χ1v) is 8.66. The summed E-state index contributed by atoms with van der Waals surface area (Å²) in [6.07, 6.45) is 4.52. The molecule has 1 unspecified atom stereocenters. The fourth-order valence-electron chi connectivity index (χ4n) is 2.92. The van der Waals surface area contributed by atoms with Crippen molar-refractivity contribution in [3.8, 4) is 17.5 Å². The van der Waals surface area contributed by atoms with Crippen LogP contribution in [0.15, 0.2) is 36.7 Å². The highest BCUT2D eigenvalue weighted by atomic mass is 16.5. The molecule has 1 fully saturated rings. The molecule has 1 aromatic heterocycles. The molecule has 0 bridgehead atoms. The van der Waals surface area contributed by atoms with Gasteiger partial charge in [-0.3, -0.25) is 9.59 Å². The van der Waals surface area contributed by atoms with Gasteiger partial charge in [-0.2, -0.15) is 0 Å². The maximum absolute atomic E-state index is 12.8. The minimum Gasteiger partial charge on any atom is -0.477 e. The van der Waals surface area contributed by atoms with Gasteiger partial charge in [0, 0.05) is 31.4 Å². The number of carbonyl (C=O) groups excluding carboxylic acids is 2. The van der Waals surface area contributed by atoms with Gasteiger partial charge >= 0.3 is 5.97 Å². The van der Waals surface area contributed by atoms with Gasteiger partial charge < -0.3 is 19.1 Å². The van der Waals surface area contributed by atoms with Gasteiger partial charge in [0.2, 0.25) is 0 Å². The number of amides is 1. The fraction of sp³-hybridized carbons (Fsp3) is 0.368. The van der Waals surface area contributed by atoms with Crippen LogP contribution in [0.4, 0.5) is 0 Å². The highest BCUT2D eigenvalue weighted by Gasteiger charge is 2.27. The monoisotopic (exact) mass is 371 g/mol. The lowest BCUT2D eigenvalue weighted by Gasteiger charge is -2.32. The Morgan fingerprint density at radius 2 is 1.81 bits per heavy atom. The summed E-state index contributed by atoms with van der Waals surface area (Å²) in [5.41, 5.74) is 0.531. The maximum Gasteiger partial charge on any atom is 0.308 e. The van der Waals surface area contributed by atoms with E-state index in [-0.39, 0.29) is 12.0 Å². The van der Waals surface area contributed by atoms with Gasteiger partial charge in [0.15, 0.2) is 0 Å². The minimum atomic E-state index is -0.399. The Morgan fingerprint density at radius 1 is 1.11 bits per heavy atom. The molecule has 142 valence electrons. The number of aromatic nitrogens is 2. The Bertz CT molecular complexity index is 809. The third kappa shape index (κ3) is 4.72. The number of benzene rings is 1. The Labute approximate surface area is 157 Å². The summed E-state index contributed by atoms with van der Waals surface area (Å²) in [6.45, 7) is 2.44. The number of rotatable bonds is 5. The standard InChI is InChI=1S/C19H21N3O5/c1-13(23)26-15-7-5-14(6-8-15)19(24)22-11-3-4-16(12-22)27-18-17(25-2)20-9-10-21-18/h5-10,16H,3-4,11-12H2,1-2H3. The van der Waals surface area contributed by atoms with Crippen LogP contribution in [-0.2, 0) is 4.79 Å². The molecule has 0 radical (unpaired) electrons. The number of hydrogen-bond donors (Lipinski definition) is 0. The van der Waals surface area contributed by atoms with Gasteiger partial charge in [0.05, 0.1) is 13.7 Å². The first kappa shape index (κ1) is 18.6. The lowest BCUT2D eigenvalue weighted by Crippen LogP contribution is -2.44. The van der Waals surface area contributed by atoms with E-state index in [1.54, 1.807) is 29.2 Å². The van der Waals surface area contributed by atoms with E-state index in [0.717, 1.165) is 12.8 Å². The Balaban J connectivity index is 1.65. The van der Waals surface area contributed by atoms with E-state index in [1.807, 2.05) is 0 Å². The molecule has 2 heterocycles. The number of carbonyl (C=O) groups is 2. The van der Waals surface area contributed by atoms with Crippen molar-refractivity contribution in [2.45, 2.75) is 25.9 Å². The molecule has 1 aliphatic heterocycles. The summed E-state index contributed by atoms with van der Waals surface area (Å²) in [6, 6.07) is 6.52. The number of methoxy groups -OCH3 is 1. The first-order valence-electron chi connectivity index (χ1n) is 8.66. The highest BCUT2D eigenvalue weighted by molar-refractivity contribution is 5.94. The second kappa shape index (κ2) is 8.48. The SMILES string of the molecule is COc1nccnc1OC1CCCN(C(=O)c2ccc(OC(C)=O)cc2)C1. The Kier molecular flexibility index (Phi) is 5.85. The average Bonchev–Trinajstić information content (AvgIpc) is 2.68. The van der Waals surface area contributed by atoms with E-state index >= 15 is 0 Å². The van der Waals surface area contributed by atoms with E-state index < -0.39 is 5.97 Å². The zero-order chi connectivity index (χ0) is 19.2. The van der Waals surface area contributed by atoms with Crippen LogP contribution in [0.1, 0.15) is 30.1 Å². The van der Waals surface area contributed by atoms with Crippen molar-refractivity contribution < 1.29 is 23.8 Å². The van der Waals surface area contributed by atoms with Gasteiger partial charge in [0.25, 0.3) is 17.7 Å². The summed E-state index contributed by atoms with van der Waals surface area (Å²) in [5, 5.41) is 0. The molecule has 1 aromatic carbocycles. The number of likely N-dealkylation sites (tertiary alicyclic amines) is 1. The number of ether oxygens (including phenoxy) is 3. The van der Waals surface area contributed by atoms with Crippen molar-refractivity contribution in [1.82, 2.24) is 14.9 Å². The van der Waals surface area contributed by atoms with Crippen LogP contribution in [0.3, 0.4) is 0 Å². The number of esters is 1. The summed E-state index contributed by atoms with van der Waals surface area (Å²) >= 11 is 0. The molecule has 0 N–H and O–H groups in total. The van der Waals surface area contributed by atoms with Gasteiger partial charge in [-0.25, -0.2) is 9.97 Å². The molecular weight excluding hydrogens is 350 g/mol. The van der Waals surface area contributed by atoms with Crippen molar-refractivity contribution in [1.29, 1.82) is 0 Å². The van der Waals surface area contributed by atoms with Crippen molar-refractivity contribution in [2.75, 3.05) is 20.2 Å². The zero-order valence-corrected chi connectivity index (χ0v) is 15.3. The molecule has 8 heteroatoms. The van der Waals surface area contributed by atoms with Crippen LogP contribution in [0.25, 0.3) is 0 Å². The average molecular weight is 371 g/mol. The van der Waals surface area contributed by atoms with Crippen LogP contribution < -0.4 is 14.2 Å². The van der Waals surface area contributed by atoms with Gasteiger partial charge in [-0.1, -0.05) is 0 Å². The molecule has 1 atom stereocenters. The van der Waals surface area contributed by atoms with Crippen molar-refractivity contribution in [3.05, 3.63) is 42.2 Å². The molecule has 0 spiro atoms. The minimum absolute atomic E-state index is 0.0937. The molecule has 1 amide bonds. The number of piperidine rings is 1. The fourth-order valence-corrected chi connectivity index (χ4v) is 2.92. The van der Waals surface area contributed by atoms with Gasteiger partial charge in [0.1, 0.15) is 11.9 Å². The van der Waals surface area contributed by atoms with Crippen LogP contribution in [0.2, 0.25) is 0 Å². The molecule has 27 heavy (non-hydrogen) atoms. The lowest BCUT2D eigenvalue weighted by molar-refractivity contribution is -0.131. The summed E-state index contributed by atoms with van der Waals surface area (Å²) in [7, 11) is 1.51. The summed E-state index contributed by atoms with van der Waals surface area (Å²) < 4.78 is 16.1. The summed E-state index contributed by atoms with van der Waals surface area (Å²) in [4.78, 5) is 33.7. The van der Waals surface area contributed by atoms with E-state index in [9.17, 15) is 9.59 Å². The van der Waals surface area contributed by atoms with Crippen LogP contribution in [-0.4, -0.2) is 53.0 Å². The molecular formula is C19H21N3O5. The van der Waals surface area contributed by atoms with Gasteiger partial charge in [-0.15, -0.1) is 0 Å². The quantitative estimate of drug-likeness (QED) is 0.587. The van der Waals surface area contributed by atoms with Crippen LogP contribution >= 0.6 is 0 Å². The van der Waals surface area contributed by atoms with E-state index in [0.29, 0.717) is 36.2 Å². The first-order chi connectivity index (χ1) is 13.1. The van der Waals surface area contributed by atoms with Crippen molar-refractivity contribution in [3.63, 3.8) is 0 Å². The highest BCUT2D eigenvalue weighted by Crippen LogP contribution is 2.24. The van der Waals surface area contributed by atoms with E-state index in [4.69, 9.17) is 14.2 Å². The smallest absolute Gasteiger partial charge is 0.308 e. The van der Waals surface area contributed by atoms with Crippen molar-refractivity contribution >= 4 is 11.9 Å². The van der Waals surface area contributed by atoms with Crippen LogP contribution in [0.5, 0.6) is 17.5 Å². The third-order valence-electron chi connectivity index (χ3n) is 4.13. The van der Waals surface area contributed by atoms with E-state index in [1.165, 1.54) is 26.4 Å². The predicted octanol–water partition coefficient (Wildman–Crippen LogP) is 2.09. The largest absolute Gasteiger partial charge is 0.477 e. The third-order valence-corrected chi connectivity index (χ3v) is 4.13.